The van der Waals surface area contributed by atoms with Crippen LogP contribution in [0.2, 0.25) is 0 Å². The number of allylic oxidation sites excluding steroid dienone is 3. The molecule has 9 nitrogen and oxygen atoms in total. The van der Waals surface area contributed by atoms with Crippen LogP contribution in [-0.4, -0.2) is 55.9 Å². The first-order chi connectivity index (χ1) is 23.2. The van der Waals surface area contributed by atoms with Crippen molar-refractivity contribution in [2.75, 3.05) is 26.7 Å². The quantitative estimate of drug-likeness (QED) is 0.211. The molecule has 0 saturated carbocycles. The molecule has 47 heavy (non-hydrogen) atoms. The van der Waals surface area contributed by atoms with Gasteiger partial charge < -0.3 is 9.47 Å². The van der Waals surface area contributed by atoms with E-state index in [9.17, 15) is 4.79 Å². The van der Waals surface area contributed by atoms with E-state index in [-0.39, 0.29) is 31.4 Å². The number of ether oxygens (including phenoxy) is 2. The number of amidine groups is 1. The maximum absolute atomic E-state index is 14.4. The summed E-state index contributed by atoms with van der Waals surface area (Å²) in [6, 6.07) is 16.7. The van der Waals surface area contributed by atoms with Crippen LogP contribution in [0, 0.1) is 11.8 Å². The molecule has 0 amide bonds. The third kappa shape index (κ3) is 7.12. The van der Waals surface area contributed by atoms with E-state index in [2.05, 4.69) is 57.8 Å². The lowest BCUT2D eigenvalue weighted by Crippen LogP contribution is -2.40. The van der Waals surface area contributed by atoms with Gasteiger partial charge in [-0.15, -0.1) is 6.58 Å². The van der Waals surface area contributed by atoms with E-state index in [1.54, 1.807) is 0 Å². The van der Waals surface area contributed by atoms with Gasteiger partial charge in [0, 0.05) is 42.0 Å². The first-order valence-electron chi connectivity index (χ1n) is 17.2. The van der Waals surface area contributed by atoms with E-state index in [1.165, 1.54) is 5.57 Å². The van der Waals surface area contributed by atoms with Crippen LogP contribution in [0.1, 0.15) is 69.9 Å². The topological polar surface area (TPSA) is 96.8 Å². The molecule has 1 aliphatic carbocycles. The molecular weight excluding hydrogens is 590 g/mol. The zero-order chi connectivity index (χ0) is 32.6. The molecule has 4 aliphatic heterocycles. The molecule has 5 aliphatic rings. The van der Waals surface area contributed by atoms with Crippen molar-refractivity contribution in [2.45, 2.75) is 71.4 Å². The van der Waals surface area contributed by atoms with Crippen molar-refractivity contribution >= 4 is 18.0 Å². The number of benzene rings is 2. The number of hydroxylamine groups is 1. The highest BCUT2D eigenvalue weighted by molar-refractivity contribution is 6.14. The Morgan fingerprint density at radius 3 is 2.57 bits per heavy atom. The van der Waals surface area contributed by atoms with Gasteiger partial charge in [-0.25, -0.2) is 20.3 Å². The number of ketones is 1. The maximum Gasteiger partial charge on any atom is 0.187 e. The number of hydrogen-bond donors (Lipinski definition) is 2. The smallest absolute Gasteiger partial charge is 0.187 e. The second kappa shape index (κ2) is 15.7. The number of fused-ring (bicyclic) bond motifs is 3. The fourth-order valence-corrected chi connectivity index (χ4v) is 7.17. The fraction of sp³-hybridized carbons (Fsp3) is 0.447. The van der Waals surface area contributed by atoms with Gasteiger partial charge in [0.25, 0.3) is 0 Å². The minimum Gasteiger partial charge on any atom is -0.381 e. The molecule has 248 valence electrons. The predicted octanol–water partition coefficient (Wildman–Crippen LogP) is 6.64. The Balaban J connectivity index is 0.00000190. The molecule has 2 N–H and O–H groups in total. The van der Waals surface area contributed by atoms with Crippen molar-refractivity contribution in [1.82, 2.24) is 15.9 Å². The molecule has 0 aromatic heterocycles. The Morgan fingerprint density at radius 2 is 1.79 bits per heavy atom. The summed E-state index contributed by atoms with van der Waals surface area (Å²) in [6.07, 6.45) is 11.3. The molecule has 9 heteroatoms. The summed E-state index contributed by atoms with van der Waals surface area (Å²) in [4.78, 5) is 29.1. The van der Waals surface area contributed by atoms with Crippen LogP contribution in [0.25, 0.3) is 11.1 Å². The summed E-state index contributed by atoms with van der Waals surface area (Å²) >= 11 is 0. The molecule has 7 rings (SSSR count). The lowest BCUT2D eigenvalue weighted by Gasteiger charge is -2.30. The van der Waals surface area contributed by atoms with Crippen LogP contribution in [0.4, 0.5) is 0 Å². The van der Waals surface area contributed by atoms with Gasteiger partial charge >= 0.3 is 0 Å². The highest BCUT2D eigenvalue weighted by atomic mass is 16.8. The second-order valence-corrected chi connectivity index (χ2v) is 12.2. The van der Waals surface area contributed by atoms with E-state index in [1.807, 2.05) is 44.5 Å². The van der Waals surface area contributed by atoms with E-state index in [0.29, 0.717) is 18.2 Å². The van der Waals surface area contributed by atoms with Gasteiger partial charge in [0.15, 0.2) is 24.6 Å². The number of carbonyl (C=O) groups is 1. The molecule has 1 saturated heterocycles. The van der Waals surface area contributed by atoms with E-state index >= 15 is 0 Å². The Kier molecular flexibility index (Phi) is 11.0. The first kappa shape index (κ1) is 32.9. The summed E-state index contributed by atoms with van der Waals surface area (Å²) in [7, 11) is 0. The molecule has 2 atom stereocenters. The van der Waals surface area contributed by atoms with Crippen LogP contribution in [0.5, 0.6) is 0 Å². The van der Waals surface area contributed by atoms with Gasteiger partial charge in [-0.3, -0.25) is 15.2 Å². The minimum absolute atomic E-state index is 0.0868. The van der Waals surface area contributed by atoms with Crippen molar-refractivity contribution in [2.24, 2.45) is 21.8 Å². The second-order valence-electron chi connectivity index (χ2n) is 12.2. The van der Waals surface area contributed by atoms with Gasteiger partial charge in [0.05, 0.1) is 5.92 Å². The van der Waals surface area contributed by atoms with Gasteiger partial charge in [-0.1, -0.05) is 74.9 Å². The van der Waals surface area contributed by atoms with Crippen LogP contribution < -0.4 is 10.9 Å². The number of nitrogens with zero attached hydrogens (tertiary/aromatic N) is 3. The fourth-order valence-electron chi connectivity index (χ4n) is 7.17. The third-order valence-corrected chi connectivity index (χ3v) is 9.45. The van der Waals surface area contributed by atoms with Gasteiger partial charge in [0.1, 0.15) is 13.1 Å². The molecule has 1 fully saturated rings. The van der Waals surface area contributed by atoms with Crippen LogP contribution in [0.15, 0.2) is 93.6 Å². The Bertz CT molecular complexity index is 1550. The summed E-state index contributed by atoms with van der Waals surface area (Å²) < 4.78 is 10.9. The number of hydrogen-bond acceptors (Lipinski definition) is 9. The number of hydrazine groups is 1. The predicted molar refractivity (Wildman–Crippen MR) is 185 cm³/mol. The molecule has 2 aromatic rings. The molecule has 0 spiro atoms. The number of rotatable bonds is 11. The largest absolute Gasteiger partial charge is 0.381 e. The van der Waals surface area contributed by atoms with Crippen LogP contribution in [-0.2, 0) is 25.5 Å². The summed E-state index contributed by atoms with van der Waals surface area (Å²) in [5.41, 5.74) is 14.8. The summed E-state index contributed by atoms with van der Waals surface area (Å²) in [5, 5.41) is 2.20. The van der Waals surface area contributed by atoms with Crippen molar-refractivity contribution in [3.8, 4) is 11.1 Å². The van der Waals surface area contributed by atoms with Crippen molar-refractivity contribution in [3.63, 3.8) is 0 Å². The molecule has 0 bridgehead atoms. The van der Waals surface area contributed by atoms with E-state index in [4.69, 9.17) is 19.3 Å². The molecular formula is C38H47N5O4. The van der Waals surface area contributed by atoms with Crippen LogP contribution in [0.3, 0.4) is 0 Å². The SMILES string of the molecule is C=CCCCCCC1=C(Cc2ccc(-c3ccccc3C3=NCOCON3)cc2)C(=O)C2=C(C3CCOCC3)C2C2N=CNN12.CC. The monoisotopic (exact) mass is 637 g/mol. The normalized spacial score (nSPS) is 22.2. The molecule has 2 unspecified atom stereocenters. The van der Waals surface area contributed by atoms with E-state index in [0.717, 1.165) is 97.3 Å². The first-order valence-corrected chi connectivity index (χ1v) is 17.2. The van der Waals surface area contributed by atoms with Gasteiger partial charge in [-0.05, 0) is 66.7 Å². The van der Waals surface area contributed by atoms with Gasteiger partial charge in [-0.2, -0.15) is 0 Å². The summed E-state index contributed by atoms with van der Waals surface area (Å²) in [6.45, 7) is 9.77. The van der Waals surface area contributed by atoms with Crippen molar-refractivity contribution in [3.05, 3.63) is 94.7 Å². The number of Topliss-reactive ketones (excluding diaryl/α,β-unsaturated/α-hetero) is 1. The third-order valence-electron chi connectivity index (χ3n) is 9.45. The number of nitrogens with one attached hydrogen (secondary N) is 2. The zero-order valence-electron chi connectivity index (χ0n) is 27.7. The molecule has 2 aromatic carbocycles. The highest BCUT2D eigenvalue weighted by Crippen LogP contribution is 2.55. The van der Waals surface area contributed by atoms with E-state index < -0.39 is 0 Å². The standard InChI is InChI=1S/C36H41N5O4.C2H6/c1-2-3-4-5-6-11-30-29(34(42)32-31(26-16-18-43-19-17-26)33(32)36-37-21-39-41(30)36)20-24-12-14-25(15-13-24)27-9-7-8-10-28(27)35-38-22-44-23-45-40-35;1-2/h2,7-10,12-15,21,26,33,36H,1,3-6,11,16-20,22-23H2,(H,37,39)(H,38,40);1-2H3. The summed E-state index contributed by atoms with van der Waals surface area (Å²) in [5.74, 6) is 1.35. The molecule has 0 radical (unpaired) electrons. The Hall–Kier alpha value is -4.05. The molecule has 4 heterocycles. The minimum atomic E-state index is -0.0868. The van der Waals surface area contributed by atoms with Crippen molar-refractivity contribution in [1.29, 1.82) is 0 Å². The lowest BCUT2D eigenvalue weighted by atomic mass is 9.92. The Morgan fingerprint density at radius 1 is 1.00 bits per heavy atom. The lowest BCUT2D eigenvalue weighted by molar-refractivity contribution is -0.112. The number of aliphatic imine (C=N–C) groups is 2. The Labute approximate surface area is 278 Å². The number of carbonyl (C=O) groups excluding carboxylic acids is 1. The highest BCUT2D eigenvalue weighted by Gasteiger charge is 2.55. The average molecular weight is 638 g/mol. The maximum atomic E-state index is 14.4. The van der Waals surface area contributed by atoms with Crippen LogP contribution >= 0.6 is 0 Å². The van der Waals surface area contributed by atoms with Crippen molar-refractivity contribution < 1.29 is 19.1 Å². The number of unbranched alkanes of at least 4 members (excludes halogenated alkanes) is 3. The average Bonchev–Trinajstić information content (AvgIpc) is 3.80. The zero-order valence-corrected chi connectivity index (χ0v) is 27.7. The van der Waals surface area contributed by atoms with Gasteiger partial charge in [0.2, 0.25) is 0 Å².